The number of nitrogens with zero attached hydrogens (tertiary/aromatic N) is 4. The van der Waals surface area contributed by atoms with Crippen molar-refractivity contribution >= 4 is 28.0 Å². The lowest BCUT2D eigenvalue weighted by molar-refractivity contribution is -0.404. The van der Waals surface area contributed by atoms with E-state index in [0.717, 1.165) is 11.9 Å². The van der Waals surface area contributed by atoms with Gasteiger partial charge in [-0.15, -0.1) is 0 Å². The summed E-state index contributed by atoms with van der Waals surface area (Å²) in [5.74, 6) is -1.21. The largest absolute Gasteiger partial charge is 0.497 e. The number of aromatic nitrogens is 1. The molecule has 0 bridgehead atoms. The number of nitro benzene ring substituents is 3. The highest BCUT2D eigenvalue weighted by Gasteiger charge is 2.30. The van der Waals surface area contributed by atoms with Crippen LogP contribution in [0.15, 0.2) is 48.7 Å². The summed E-state index contributed by atoms with van der Waals surface area (Å²) >= 11 is 0. The molecule has 0 amide bonds. The normalized spacial score (nSPS) is 10.0. The van der Waals surface area contributed by atoms with Crippen molar-refractivity contribution in [3.05, 3.63) is 84.6 Å². The summed E-state index contributed by atoms with van der Waals surface area (Å²) in [5, 5.41) is 41.4. The van der Waals surface area contributed by atoms with Crippen molar-refractivity contribution in [3.63, 3.8) is 0 Å². The Hall–Kier alpha value is -4.15. The van der Waals surface area contributed by atoms with Crippen molar-refractivity contribution in [3.8, 4) is 5.75 Å². The van der Waals surface area contributed by atoms with Gasteiger partial charge in [0.15, 0.2) is 0 Å². The van der Waals surface area contributed by atoms with Crippen LogP contribution in [0.1, 0.15) is 12.5 Å². The van der Waals surface area contributed by atoms with Crippen LogP contribution >= 0.6 is 0 Å². The third-order valence-electron chi connectivity index (χ3n) is 3.71. The van der Waals surface area contributed by atoms with Gasteiger partial charge in [0.25, 0.3) is 11.4 Å². The number of rotatable bonds is 4. The average Bonchev–Trinajstić information content (AvgIpc) is 2.67. The van der Waals surface area contributed by atoms with Gasteiger partial charge in [-0.3, -0.25) is 35.3 Å². The quantitative estimate of drug-likeness (QED) is 0.521. The fourth-order valence-corrected chi connectivity index (χ4v) is 2.28. The number of para-hydroxylation sites is 1. The molecule has 11 nitrogen and oxygen atoms in total. The molecule has 3 rings (SSSR count). The number of hydrogen-bond acceptors (Lipinski definition) is 8. The summed E-state index contributed by atoms with van der Waals surface area (Å²) in [4.78, 5) is 32.1. The number of pyridine rings is 1. The zero-order chi connectivity index (χ0) is 20.8. The Bertz CT molecular complexity index is 1030. The van der Waals surface area contributed by atoms with Gasteiger partial charge in [-0.25, -0.2) is 0 Å². The molecule has 0 unspecified atom stereocenters. The first-order valence-electron chi connectivity index (χ1n) is 7.88. The molecule has 144 valence electrons. The third-order valence-corrected chi connectivity index (χ3v) is 3.71. The van der Waals surface area contributed by atoms with Crippen LogP contribution in [0.2, 0.25) is 0 Å². The highest BCUT2D eigenvalue weighted by Crippen LogP contribution is 2.38. The van der Waals surface area contributed by atoms with Gasteiger partial charge in [0.05, 0.1) is 32.4 Å². The lowest BCUT2D eigenvalue weighted by atomic mass is 10.1. The van der Waals surface area contributed by atoms with Crippen LogP contribution < -0.4 is 0 Å². The molecule has 0 radical (unpaired) electrons. The molecule has 1 aromatic heterocycles. The molecule has 1 heterocycles. The zero-order valence-electron chi connectivity index (χ0n) is 14.5. The number of nitro groups is 3. The number of aromatic hydroxyl groups is 1. The highest BCUT2D eigenvalue weighted by molar-refractivity contribution is 5.78. The van der Waals surface area contributed by atoms with E-state index < -0.39 is 37.6 Å². The van der Waals surface area contributed by atoms with Gasteiger partial charge >= 0.3 is 11.4 Å². The Balaban J connectivity index is 0.000000207. The lowest BCUT2D eigenvalue weighted by Crippen LogP contribution is -1.97. The maximum atomic E-state index is 10.4. The number of non-ortho nitro benzene ring substituents is 1. The number of benzene rings is 2. The van der Waals surface area contributed by atoms with E-state index in [1.54, 1.807) is 0 Å². The van der Waals surface area contributed by atoms with Gasteiger partial charge in [0.1, 0.15) is 0 Å². The topological polar surface area (TPSA) is 163 Å². The number of phenolic OH excluding ortho intramolecular Hbond substituents is 1. The molecule has 1 N–H and O–H groups in total. The minimum absolute atomic E-state index is 0.447. The van der Waals surface area contributed by atoms with E-state index in [0.29, 0.717) is 12.1 Å². The Labute approximate surface area is 157 Å². The second-order valence-corrected chi connectivity index (χ2v) is 5.49. The fourth-order valence-electron chi connectivity index (χ4n) is 2.28. The number of hydrogen-bond donors (Lipinski definition) is 1. The molecule has 0 aliphatic carbocycles. The fraction of sp³-hybridized carbons (Fsp3) is 0.118. The Morgan fingerprint density at radius 2 is 1.50 bits per heavy atom. The lowest BCUT2D eigenvalue weighted by Gasteiger charge is -1.98. The Morgan fingerprint density at radius 1 is 0.929 bits per heavy atom. The predicted molar refractivity (Wildman–Crippen MR) is 99.2 cm³/mol. The van der Waals surface area contributed by atoms with Crippen LogP contribution in [-0.4, -0.2) is 24.9 Å². The number of fused-ring (bicyclic) bond motifs is 1. The van der Waals surface area contributed by atoms with E-state index in [4.69, 9.17) is 5.11 Å². The molecule has 11 heteroatoms. The highest BCUT2D eigenvalue weighted by atomic mass is 16.6. The standard InChI is InChI=1S/C11H11N.C6H3N3O7/c1-2-9-7-10-5-3-4-6-11(10)12-8-9;10-6-4(8(13)14)1-3(7(11)12)2-5(6)9(15)16/h3-8H,2H2,1H3;1-2,10H. The average molecular weight is 386 g/mol. The minimum atomic E-state index is -1.21. The molecular formula is C17H14N4O7. The first kappa shape index (κ1) is 20.2. The molecule has 0 aliphatic rings. The summed E-state index contributed by atoms with van der Waals surface area (Å²) in [6.07, 6.45) is 3.00. The molecule has 28 heavy (non-hydrogen) atoms. The van der Waals surface area contributed by atoms with Crippen molar-refractivity contribution in [2.24, 2.45) is 0 Å². The van der Waals surface area contributed by atoms with Crippen molar-refractivity contribution in [1.82, 2.24) is 4.98 Å². The maximum absolute atomic E-state index is 10.4. The van der Waals surface area contributed by atoms with Crippen molar-refractivity contribution in [1.29, 1.82) is 0 Å². The minimum Gasteiger partial charge on any atom is -0.497 e. The monoisotopic (exact) mass is 386 g/mol. The Kier molecular flexibility index (Phi) is 6.11. The van der Waals surface area contributed by atoms with Gasteiger partial charge in [-0.1, -0.05) is 25.1 Å². The van der Waals surface area contributed by atoms with Gasteiger partial charge < -0.3 is 5.11 Å². The molecular weight excluding hydrogens is 372 g/mol. The van der Waals surface area contributed by atoms with Gasteiger partial charge in [-0.2, -0.15) is 0 Å². The smallest absolute Gasteiger partial charge is 0.324 e. The molecule has 0 spiro atoms. The molecule has 2 aromatic carbocycles. The van der Waals surface area contributed by atoms with Crippen LogP contribution in [0.5, 0.6) is 5.75 Å². The number of aryl methyl sites for hydroxylation is 1. The molecule has 3 aromatic rings. The van der Waals surface area contributed by atoms with Crippen LogP contribution in [0.25, 0.3) is 10.9 Å². The molecule has 0 fully saturated rings. The SMILES string of the molecule is CCc1cnc2ccccc2c1.O=[N+]([O-])c1cc([N+](=O)[O-])c(O)c([N+](=O)[O-])c1. The van der Waals surface area contributed by atoms with Crippen molar-refractivity contribution in [2.75, 3.05) is 0 Å². The summed E-state index contributed by atoms with van der Waals surface area (Å²) in [6.45, 7) is 2.14. The van der Waals surface area contributed by atoms with Crippen molar-refractivity contribution < 1.29 is 19.9 Å². The van der Waals surface area contributed by atoms with E-state index in [1.165, 1.54) is 10.9 Å². The van der Waals surface area contributed by atoms with Crippen LogP contribution in [0, 0.1) is 30.3 Å². The number of phenols is 1. The summed E-state index contributed by atoms with van der Waals surface area (Å²) < 4.78 is 0. The summed E-state index contributed by atoms with van der Waals surface area (Å²) in [5.41, 5.74) is -0.624. The van der Waals surface area contributed by atoms with E-state index in [9.17, 15) is 30.3 Å². The van der Waals surface area contributed by atoms with Crippen LogP contribution in [-0.2, 0) is 6.42 Å². The molecule has 0 aliphatic heterocycles. The molecule has 0 saturated carbocycles. The van der Waals surface area contributed by atoms with Crippen LogP contribution in [0.4, 0.5) is 17.1 Å². The summed E-state index contributed by atoms with van der Waals surface area (Å²) in [6, 6.07) is 11.3. The van der Waals surface area contributed by atoms with E-state index >= 15 is 0 Å². The Morgan fingerprint density at radius 3 is 2.00 bits per heavy atom. The predicted octanol–water partition coefficient (Wildman–Crippen LogP) is 3.91. The van der Waals surface area contributed by atoms with Gasteiger partial charge in [0, 0.05) is 11.6 Å². The van der Waals surface area contributed by atoms with Gasteiger partial charge in [-0.05, 0) is 24.1 Å². The van der Waals surface area contributed by atoms with E-state index in [2.05, 4.69) is 24.0 Å². The van der Waals surface area contributed by atoms with E-state index in [-0.39, 0.29) is 0 Å². The molecule has 0 atom stereocenters. The van der Waals surface area contributed by atoms with Crippen molar-refractivity contribution in [2.45, 2.75) is 13.3 Å². The van der Waals surface area contributed by atoms with Gasteiger partial charge in [0.2, 0.25) is 0 Å². The first-order valence-corrected chi connectivity index (χ1v) is 7.88. The molecule has 0 saturated heterocycles. The van der Waals surface area contributed by atoms with Crippen LogP contribution in [0.3, 0.4) is 0 Å². The zero-order valence-corrected chi connectivity index (χ0v) is 14.5. The summed E-state index contributed by atoms with van der Waals surface area (Å²) in [7, 11) is 0. The second-order valence-electron chi connectivity index (χ2n) is 5.49. The second kappa shape index (κ2) is 8.49. The maximum Gasteiger partial charge on any atom is 0.324 e. The first-order chi connectivity index (χ1) is 13.2. The van der Waals surface area contributed by atoms with E-state index in [1.807, 2.05) is 24.4 Å². The third kappa shape index (κ3) is 4.52.